The van der Waals surface area contributed by atoms with Crippen LogP contribution in [0, 0.1) is 0 Å². The van der Waals surface area contributed by atoms with Crippen LogP contribution in [0.2, 0.25) is 18.1 Å². The second-order valence-electron chi connectivity index (χ2n) is 9.75. The molecule has 34 heavy (non-hydrogen) atoms. The molecule has 8 nitrogen and oxygen atoms in total. The zero-order chi connectivity index (χ0) is 25.6. The Morgan fingerprint density at radius 1 is 1.03 bits per heavy atom. The molecule has 10 heteroatoms. The van der Waals surface area contributed by atoms with Gasteiger partial charge in [0.25, 0.3) is 15.9 Å². The molecule has 0 saturated heterocycles. The van der Waals surface area contributed by atoms with Crippen LogP contribution in [0.4, 0.5) is 0 Å². The Morgan fingerprint density at radius 2 is 1.62 bits per heavy atom. The summed E-state index contributed by atoms with van der Waals surface area (Å²) in [6, 6.07) is 15.7. The summed E-state index contributed by atoms with van der Waals surface area (Å²) < 4.78 is 38.5. The molecule has 2 aromatic rings. The van der Waals surface area contributed by atoms with Gasteiger partial charge in [-0.3, -0.25) is 9.63 Å². The van der Waals surface area contributed by atoms with Crippen LogP contribution in [-0.2, 0) is 30.8 Å². The van der Waals surface area contributed by atoms with Crippen molar-refractivity contribution >= 4 is 24.2 Å². The van der Waals surface area contributed by atoms with Crippen molar-refractivity contribution in [2.24, 2.45) is 0 Å². The van der Waals surface area contributed by atoms with Crippen molar-refractivity contribution in [1.29, 1.82) is 0 Å². The van der Waals surface area contributed by atoms with Crippen molar-refractivity contribution < 1.29 is 27.3 Å². The molecule has 0 bridgehead atoms. The van der Waals surface area contributed by atoms with E-state index in [9.17, 15) is 13.2 Å². The second kappa shape index (κ2) is 11.5. The second-order valence-corrected chi connectivity index (χ2v) is 16.3. The predicted octanol–water partition coefficient (Wildman–Crippen LogP) is 4.65. The Kier molecular flexibility index (Phi) is 9.43. The lowest BCUT2D eigenvalue weighted by Crippen LogP contribution is -2.49. The van der Waals surface area contributed by atoms with Crippen LogP contribution in [0.3, 0.4) is 0 Å². The number of benzene rings is 2. The van der Waals surface area contributed by atoms with E-state index >= 15 is 0 Å². The van der Waals surface area contributed by atoms with Crippen molar-refractivity contribution in [3.8, 4) is 5.75 Å². The molecular formula is C24H36N2O6SSi. The average Bonchev–Trinajstić information content (AvgIpc) is 2.76. The quantitative estimate of drug-likeness (QED) is 0.351. The number of hydrogen-bond acceptors (Lipinski definition) is 6. The van der Waals surface area contributed by atoms with Crippen LogP contribution < -0.4 is 10.2 Å². The van der Waals surface area contributed by atoms with Crippen LogP contribution in [0.1, 0.15) is 40.2 Å². The van der Waals surface area contributed by atoms with Gasteiger partial charge < -0.3 is 9.26 Å². The summed E-state index contributed by atoms with van der Waals surface area (Å²) in [4.78, 5) is 18.0. The molecule has 1 amide bonds. The van der Waals surface area contributed by atoms with E-state index in [0.717, 1.165) is 5.56 Å². The first-order chi connectivity index (χ1) is 15.7. The molecule has 0 fully saturated rings. The van der Waals surface area contributed by atoms with Crippen molar-refractivity contribution in [3.63, 3.8) is 0 Å². The fraction of sp³-hybridized carbons (Fsp3) is 0.458. The van der Waals surface area contributed by atoms with Crippen LogP contribution in [0.5, 0.6) is 5.75 Å². The molecule has 0 aliphatic carbocycles. The van der Waals surface area contributed by atoms with Crippen LogP contribution in [0.25, 0.3) is 0 Å². The highest BCUT2D eigenvalue weighted by atomic mass is 32.2. The van der Waals surface area contributed by atoms with Gasteiger partial charge in [-0.15, -0.1) is 0 Å². The first-order valence-electron chi connectivity index (χ1n) is 11.2. The van der Waals surface area contributed by atoms with Crippen LogP contribution in [0.15, 0.2) is 59.5 Å². The minimum absolute atomic E-state index is 0.0154. The molecule has 188 valence electrons. The Balaban J connectivity index is 2.09. The van der Waals surface area contributed by atoms with Gasteiger partial charge in [-0.05, 0) is 61.8 Å². The van der Waals surface area contributed by atoms with E-state index in [0.29, 0.717) is 16.8 Å². The van der Waals surface area contributed by atoms with Gasteiger partial charge in [-0.25, -0.2) is 13.9 Å². The Hall–Kier alpha value is -2.24. The first-order valence-corrected chi connectivity index (χ1v) is 15.5. The number of rotatable bonds is 11. The van der Waals surface area contributed by atoms with Gasteiger partial charge >= 0.3 is 0 Å². The van der Waals surface area contributed by atoms with Crippen molar-refractivity contribution in [2.75, 3.05) is 6.54 Å². The average molecular weight is 509 g/mol. The largest absolute Gasteiger partial charge is 0.489 e. The zero-order valence-electron chi connectivity index (χ0n) is 21.0. The minimum atomic E-state index is -4.11. The monoisotopic (exact) mass is 508 g/mol. The van der Waals surface area contributed by atoms with Crippen LogP contribution >= 0.6 is 0 Å². The number of sulfonamides is 1. The fourth-order valence-electron chi connectivity index (χ4n) is 2.47. The molecule has 2 rings (SSSR count). The maximum absolute atomic E-state index is 13.2. The van der Waals surface area contributed by atoms with Gasteiger partial charge in [0.15, 0.2) is 0 Å². The lowest BCUT2D eigenvalue weighted by Gasteiger charge is -2.35. The molecule has 0 spiro atoms. The summed E-state index contributed by atoms with van der Waals surface area (Å²) in [6.07, 6.45) is -0.461. The number of hydroxylamine groups is 2. The normalized spacial score (nSPS) is 12.7. The van der Waals surface area contributed by atoms with E-state index in [-0.39, 0.29) is 9.93 Å². The molecule has 0 heterocycles. The van der Waals surface area contributed by atoms with Gasteiger partial charge in [-0.2, -0.15) is 0 Å². The van der Waals surface area contributed by atoms with Crippen molar-refractivity contribution in [1.82, 2.24) is 9.95 Å². The lowest BCUT2D eigenvalue weighted by atomic mass is 10.2. The number of hydrogen-bond donors (Lipinski definition) is 1. The lowest BCUT2D eigenvalue weighted by molar-refractivity contribution is -0.148. The third kappa shape index (κ3) is 7.92. The highest BCUT2D eigenvalue weighted by Crippen LogP contribution is 2.35. The van der Waals surface area contributed by atoms with Crippen molar-refractivity contribution in [2.45, 2.75) is 70.4 Å². The first kappa shape index (κ1) is 28.0. The third-order valence-corrected chi connectivity index (χ3v) is 11.3. The molecule has 0 saturated carbocycles. The van der Waals surface area contributed by atoms with E-state index in [4.69, 9.17) is 14.1 Å². The zero-order valence-corrected chi connectivity index (χ0v) is 22.8. The van der Waals surface area contributed by atoms with E-state index in [2.05, 4.69) is 5.48 Å². The van der Waals surface area contributed by atoms with E-state index in [1.54, 1.807) is 26.0 Å². The van der Waals surface area contributed by atoms with E-state index in [1.807, 2.05) is 64.2 Å². The van der Waals surface area contributed by atoms with E-state index < -0.39 is 36.9 Å². The Bertz CT molecular complexity index is 1040. The molecule has 0 aliphatic heterocycles. The van der Waals surface area contributed by atoms with E-state index in [1.165, 1.54) is 12.1 Å². The molecule has 2 aromatic carbocycles. The standard InChI is InChI=1S/C24H36N2O6SSi/c1-19(2)31-26(17-23(27)25-32-34(6,7)24(3,4)5)33(28,29)22-15-13-21(14-16-22)30-18-20-11-9-8-10-12-20/h8-16,19H,17-18H2,1-7H3,(H,25,27). The number of carbonyl (C=O) groups is 1. The van der Waals surface area contributed by atoms with Crippen molar-refractivity contribution in [3.05, 3.63) is 60.2 Å². The predicted molar refractivity (Wildman–Crippen MR) is 134 cm³/mol. The Labute approximate surface area is 204 Å². The summed E-state index contributed by atoms with van der Waals surface area (Å²) in [5.74, 6) is -0.0866. The van der Waals surface area contributed by atoms with Gasteiger partial charge in [0, 0.05) is 0 Å². The fourth-order valence-corrected chi connectivity index (χ4v) is 4.43. The summed E-state index contributed by atoms with van der Waals surface area (Å²) in [7, 11) is -6.36. The summed E-state index contributed by atoms with van der Waals surface area (Å²) in [6.45, 7) is 13.3. The number of ether oxygens (including phenoxy) is 1. The van der Waals surface area contributed by atoms with Gasteiger partial charge in [0.2, 0.25) is 8.32 Å². The third-order valence-electron chi connectivity index (χ3n) is 5.47. The highest BCUT2D eigenvalue weighted by molar-refractivity contribution is 7.89. The van der Waals surface area contributed by atoms with Gasteiger partial charge in [0.05, 0.1) is 11.0 Å². The maximum Gasteiger partial charge on any atom is 0.265 e. The molecule has 0 aromatic heterocycles. The molecule has 0 atom stereocenters. The smallest absolute Gasteiger partial charge is 0.265 e. The highest BCUT2D eigenvalue weighted by Gasteiger charge is 2.39. The number of nitrogens with one attached hydrogen (secondary N) is 1. The molecular weight excluding hydrogens is 472 g/mol. The number of nitrogens with zero attached hydrogens (tertiary/aromatic N) is 1. The van der Waals surface area contributed by atoms with Gasteiger partial charge in [-0.1, -0.05) is 55.6 Å². The molecule has 0 unspecified atom stereocenters. The summed E-state index contributed by atoms with van der Waals surface area (Å²) >= 11 is 0. The summed E-state index contributed by atoms with van der Waals surface area (Å²) in [5.41, 5.74) is 3.42. The molecule has 1 N–H and O–H groups in total. The topological polar surface area (TPSA) is 94.2 Å². The van der Waals surface area contributed by atoms with Crippen LogP contribution in [-0.4, -0.2) is 39.8 Å². The number of amides is 1. The molecule has 0 aliphatic rings. The maximum atomic E-state index is 13.2. The minimum Gasteiger partial charge on any atom is -0.489 e. The Morgan fingerprint density at radius 3 is 2.15 bits per heavy atom. The summed E-state index contributed by atoms with van der Waals surface area (Å²) in [5, 5.41) is -0.120. The SMILES string of the molecule is CC(C)ON(CC(=O)NO[Si](C)(C)C(C)(C)C)S(=O)(=O)c1ccc(OCc2ccccc2)cc1. The van der Waals surface area contributed by atoms with Gasteiger partial charge in [0.1, 0.15) is 18.9 Å². The molecule has 0 radical (unpaired) electrons. The number of carbonyl (C=O) groups excluding carboxylic acids is 1.